The molecule has 0 saturated carbocycles. The minimum atomic E-state index is -0.135. The molecule has 0 amide bonds. The quantitative estimate of drug-likeness (QED) is 0.586. The van der Waals surface area contributed by atoms with Crippen molar-refractivity contribution in [1.29, 1.82) is 5.26 Å². The third-order valence-electron chi connectivity index (χ3n) is 4.76. The maximum Gasteiger partial charge on any atom is 0.193 e. The zero-order valence-corrected chi connectivity index (χ0v) is 16.4. The molecule has 0 N–H and O–H groups in total. The molecule has 0 spiro atoms. The Labute approximate surface area is 165 Å². The van der Waals surface area contributed by atoms with Crippen molar-refractivity contribution in [3.05, 3.63) is 82.4 Å². The summed E-state index contributed by atoms with van der Waals surface area (Å²) in [7, 11) is 3.22. The zero-order chi connectivity index (χ0) is 20.3. The van der Waals surface area contributed by atoms with Gasteiger partial charge >= 0.3 is 0 Å². The van der Waals surface area contributed by atoms with Crippen LogP contribution in [0.4, 0.5) is 0 Å². The maximum atomic E-state index is 13.3. The van der Waals surface area contributed by atoms with E-state index in [1.54, 1.807) is 50.6 Å². The summed E-state index contributed by atoms with van der Waals surface area (Å²) in [5.41, 5.74) is 5.28. The SMILES string of the molecule is COc1ccc(C(=O)c2cc(C#N)ccc2-c2c(C)cc(OC)cc2C)cc1. The molecule has 140 valence electrons. The van der Waals surface area contributed by atoms with Crippen LogP contribution in [0.15, 0.2) is 54.6 Å². The number of hydrogen-bond donors (Lipinski definition) is 0. The van der Waals surface area contributed by atoms with E-state index in [1.165, 1.54) is 0 Å². The highest BCUT2D eigenvalue weighted by atomic mass is 16.5. The molecular formula is C24H21NO3. The average Bonchev–Trinajstić information content (AvgIpc) is 2.72. The minimum Gasteiger partial charge on any atom is -0.497 e. The van der Waals surface area contributed by atoms with Crippen molar-refractivity contribution in [3.63, 3.8) is 0 Å². The van der Waals surface area contributed by atoms with Gasteiger partial charge in [-0.3, -0.25) is 4.79 Å². The van der Waals surface area contributed by atoms with E-state index in [-0.39, 0.29) is 5.78 Å². The lowest BCUT2D eigenvalue weighted by atomic mass is 9.88. The first-order valence-corrected chi connectivity index (χ1v) is 8.87. The number of ketones is 1. The molecule has 3 aromatic carbocycles. The number of nitrogens with zero attached hydrogens (tertiary/aromatic N) is 1. The topological polar surface area (TPSA) is 59.3 Å². The van der Waals surface area contributed by atoms with E-state index in [2.05, 4.69) is 6.07 Å². The molecule has 0 saturated heterocycles. The van der Waals surface area contributed by atoms with Gasteiger partial charge in [0, 0.05) is 11.1 Å². The van der Waals surface area contributed by atoms with Gasteiger partial charge in [0.1, 0.15) is 11.5 Å². The maximum absolute atomic E-state index is 13.3. The van der Waals surface area contributed by atoms with Gasteiger partial charge in [-0.05, 0) is 84.6 Å². The van der Waals surface area contributed by atoms with Gasteiger partial charge in [0.2, 0.25) is 0 Å². The molecule has 0 radical (unpaired) electrons. The molecular weight excluding hydrogens is 350 g/mol. The number of ether oxygens (including phenoxy) is 2. The first-order valence-electron chi connectivity index (χ1n) is 8.87. The van der Waals surface area contributed by atoms with Crippen molar-refractivity contribution < 1.29 is 14.3 Å². The normalized spacial score (nSPS) is 10.2. The first kappa shape index (κ1) is 19.2. The van der Waals surface area contributed by atoms with Gasteiger partial charge in [-0.1, -0.05) is 6.07 Å². The molecule has 4 heteroatoms. The van der Waals surface area contributed by atoms with Gasteiger partial charge in [-0.2, -0.15) is 5.26 Å². The number of carbonyl (C=O) groups excluding carboxylic acids is 1. The number of hydrogen-bond acceptors (Lipinski definition) is 4. The zero-order valence-electron chi connectivity index (χ0n) is 16.4. The summed E-state index contributed by atoms with van der Waals surface area (Å²) in [6.45, 7) is 3.98. The van der Waals surface area contributed by atoms with Crippen LogP contribution in [0, 0.1) is 25.2 Å². The van der Waals surface area contributed by atoms with Gasteiger partial charge in [-0.25, -0.2) is 0 Å². The van der Waals surface area contributed by atoms with Crippen molar-refractivity contribution >= 4 is 5.78 Å². The van der Waals surface area contributed by atoms with Crippen LogP contribution in [0.2, 0.25) is 0 Å². The minimum absolute atomic E-state index is 0.135. The fourth-order valence-electron chi connectivity index (χ4n) is 3.38. The molecule has 3 rings (SSSR count). The van der Waals surface area contributed by atoms with Crippen LogP contribution in [0.5, 0.6) is 11.5 Å². The molecule has 4 nitrogen and oxygen atoms in total. The van der Waals surface area contributed by atoms with Crippen LogP contribution in [-0.2, 0) is 0 Å². The molecule has 28 heavy (non-hydrogen) atoms. The van der Waals surface area contributed by atoms with Gasteiger partial charge in [0.15, 0.2) is 5.78 Å². The molecule has 0 bridgehead atoms. The lowest BCUT2D eigenvalue weighted by Gasteiger charge is -2.16. The largest absolute Gasteiger partial charge is 0.497 e. The number of aryl methyl sites for hydroxylation is 2. The van der Waals surface area contributed by atoms with E-state index in [0.717, 1.165) is 28.0 Å². The highest BCUT2D eigenvalue weighted by Gasteiger charge is 2.19. The van der Waals surface area contributed by atoms with Crippen molar-refractivity contribution in [1.82, 2.24) is 0 Å². The van der Waals surface area contributed by atoms with Crippen molar-refractivity contribution in [2.75, 3.05) is 14.2 Å². The standard InChI is InChI=1S/C24H21NO3/c1-15-11-20(28-4)12-16(2)23(15)21-10-5-17(14-25)13-22(21)24(26)18-6-8-19(27-3)9-7-18/h5-13H,1-4H3. The smallest absolute Gasteiger partial charge is 0.193 e. The highest BCUT2D eigenvalue weighted by molar-refractivity contribution is 6.13. The molecule has 0 atom stereocenters. The predicted molar refractivity (Wildman–Crippen MR) is 109 cm³/mol. The number of carbonyl (C=O) groups is 1. The Bertz CT molecular complexity index is 1050. The Morgan fingerprint density at radius 1 is 0.857 bits per heavy atom. The second-order valence-electron chi connectivity index (χ2n) is 6.57. The number of nitriles is 1. The third kappa shape index (κ3) is 3.60. The highest BCUT2D eigenvalue weighted by Crippen LogP contribution is 2.34. The van der Waals surface area contributed by atoms with Gasteiger partial charge < -0.3 is 9.47 Å². The summed E-state index contributed by atoms with van der Waals surface area (Å²) >= 11 is 0. The number of benzene rings is 3. The fraction of sp³-hybridized carbons (Fsp3) is 0.167. The Kier molecular flexibility index (Phi) is 5.47. The predicted octanol–water partition coefficient (Wildman–Crippen LogP) is 5.09. The monoisotopic (exact) mass is 371 g/mol. The average molecular weight is 371 g/mol. The Hall–Kier alpha value is -3.58. The molecule has 0 unspecified atom stereocenters. The molecule has 0 fully saturated rings. The summed E-state index contributed by atoms with van der Waals surface area (Å²) in [6.07, 6.45) is 0. The van der Waals surface area contributed by atoms with Gasteiger partial charge in [0.25, 0.3) is 0 Å². The number of rotatable bonds is 5. The second kappa shape index (κ2) is 7.98. The Balaban J connectivity index is 2.19. The summed E-state index contributed by atoms with van der Waals surface area (Å²) in [5, 5.41) is 9.33. The second-order valence-corrected chi connectivity index (χ2v) is 6.57. The summed E-state index contributed by atoms with van der Waals surface area (Å²) in [6, 6.07) is 18.2. The van der Waals surface area contributed by atoms with Crippen LogP contribution in [0.1, 0.15) is 32.6 Å². The number of methoxy groups -OCH3 is 2. The molecule has 0 aliphatic carbocycles. The summed E-state index contributed by atoms with van der Waals surface area (Å²) < 4.78 is 10.5. The van der Waals surface area contributed by atoms with Crippen LogP contribution < -0.4 is 9.47 Å². The van der Waals surface area contributed by atoms with Gasteiger partial charge in [0.05, 0.1) is 25.9 Å². The Morgan fingerprint density at radius 2 is 1.46 bits per heavy atom. The molecule has 0 aliphatic heterocycles. The lowest BCUT2D eigenvalue weighted by molar-refractivity contribution is 0.103. The van der Waals surface area contributed by atoms with Crippen molar-refractivity contribution in [3.8, 4) is 28.7 Å². The molecule has 0 aromatic heterocycles. The van der Waals surface area contributed by atoms with E-state index in [0.29, 0.717) is 22.4 Å². The lowest BCUT2D eigenvalue weighted by Crippen LogP contribution is -2.05. The molecule has 0 aliphatic rings. The Morgan fingerprint density at radius 3 is 2.00 bits per heavy atom. The van der Waals surface area contributed by atoms with E-state index in [9.17, 15) is 10.1 Å². The van der Waals surface area contributed by atoms with E-state index in [1.807, 2.05) is 32.0 Å². The van der Waals surface area contributed by atoms with Crippen LogP contribution in [-0.4, -0.2) is 20.0 Å². The van der Waals surface area contributed by atoms with Crippen LogP contribution >= 0.6 is 0 Å². The first-order chi connectivity index (χ1) is 13.5. The van der Waals surface area contributed by atoms with E-state index < -0.39 is 0 Å². The summed E-state index contributed by atoms with van der Waals surface area (Å²) in [4.78, 5) is 13.3. The van der Waals surface area contributed by atoms with Crippen molar-refractivity contribution in [2.24, 2.45) is 0 Å². The van der Waals surface area contributed by atoms with Gasteiger partial charge in [-0.15, -0.1) is 0 Å². The van der Waals surface area contributed by atoms with Crippen LogP contribution in [0.3, 0.4) is 0 Å². The molecule has 0 heterocycles. The fourth-order valence-corrected chi connectivity index (χ4v) is 3.38. The van der Waals surface area contributed by atoms with Crippen molar-refractivity contribution in [2.45, 2.75) is 13.8 Å². The van der Waals surface area contributed by atoms with E-state index >= 15 is 0 Å². The van der Waals surface area contributed by atoms with Crippen LogP contribution in [0.25, 0.3) is 11.1 Å². The molecule has 3 aromatic rings. The van der Waals surface area contributed by atoms with E-state index in [4.69, 9.17) is 9.47 Å². The third-order valence-corrected chi connectivity index (χ3v) is 4.76. The summed E-state index contributed by atoms with van der Waals surface area (Å²) in [5.74, 6) is 1.32.